The van der Waals surface area contributed by atoms with Crippen LogP contribution in [0.3, 0.4) is 0 Å². The second-order valence-electron chi connectivity index (χ2n) is 13.2. The molecule has 0 aliphatic heterocycles. The van der Waals surface area contributed by atoms with Gasteiger partial charge in [-0.1, -0.05) is 60.8 Å². The molecule has 0 spiro atoms. The Bertz CT molecular complexity index is 604. The van der Waals surface area contributed by atoms with Gasteiger partial charge in [0.05, 0.1) is 12.2 Å². The van der Waals surface area contributed by atoms with E-state index in [1.807, 2.05) is 0 Å². The highest BCUT2D eigenvalue weighted by molar-refractivity contribution is 5.09. The maximum absolute atomic E-state index is 10.8. The third-order valence-corrected chi connectivity index (χ3v) is 11.9. The normalized spacial score (nSPS) is 44.2. The maximum Gasteiger partial charge on any atom is 0.0568 e. The van der Waals surface area contributed by atoms with Gasteiger partial charge in [0.25, 0.3) is 0 Å². The van der Waals surface area contributed by atoms with Crippen LogP contribution in [0.25, 0.3) is 0 Å². The minimum atomic E-state index is -0.0795. The van der Waals surface area contributed by atoms with Crippen molar-refractivity contribution in [3.8, 4) is 0 Å². The largest absolute Gasteiger partial charge is 0.393 e. The van der Waals surface area contributed by atoms with Crippen LogP contribution in [0.4, 0.5) is 0 Å². The highest BCUT2D eigenvalue weighted by Gasteiger charge is 2.59. The lowest BCUT2D eigenvalue weighted by molar-refractivity contribution is -0.127. The predicted octanol–water partition coefficient (Wildman–Crippen LogP) is 8.39. The van der Waals surface area contributed by atoms with E-state index in [9.17, 15) is 10.2 Å². The van der Waals surface area contributed by atoms with E-state index >= 15 is 0 Å². The van der Waals surface area contributed by atoms with Gasteiger partial charge in [-0.15, -0.1) is 0 Å². The molecule has 4 fully saturated rings. The Kier molecular flexibility index (Phi) is 9.44. The van der Waals surface area contributed by atoms with Crippen LogP contribution < -0.4 is 0 Å². The average molecular weight is 463 g/mol. The van der Waals surface area contributed by atoms with E-state index in [0.717, 1.165) is 55.3 Å². The van der Waals surface area contributed by atoms with Crippen molar-refractivity contribution in [2.45, 2.75) is 150 Å². The van der Waals surface area contributed by atoms with E-state index < -0.39 is 0 Å². The summed E-state index contributed by atoms with van der Waals surface area (Å²) in [5, 5.41) is 21.1. The van der Waals surface area contributed by atoms with Crippen molar-refractivity contribution in [2.24, 2.45) is 46.3 Å². The van der Waals surface area contributed by atoms with Gasteiger partial charge in [0.2, 0.25) is 0 Å². The van der Waals surface area contributed by atoms with Gasteiger partial charge in [0, 0.05) is 0 Å². The summed E-state index contributed by atoms with van der Waals surface area (Å²) in [4.78, 5) is 0. The summed E-state index contributed by atoms with van der Waals surface area (Å²) in [5.41, 5.74) is 1.05. The van der Waals surface area contributed by atoms with E-state index in [0.29, 0.717) is 16.7 Å². The van der Waals surface area contributed by atoms with Gasteiger partial charge >= 0.3 is 0 Å². The maximum atomic E-state index is 10.8. The third kappa shape index (κ3) is 5.23. The van der Waals surface area contributed by atoms with Gasteiger partial charge in [-0.2, -0.15) is 0 Å². The Morgan fingerprint density at radius 2 is 1.58 bits per heavy atom. The summed E-state index contributed by atoms with van der Waals surface area (Å²) < 4.78 is 0. The zero-order valence-electron chi connectivity index (χ0n) is 21.8. The molecule has 2 heteroatoms. The molecule has 0 heterocycles. The topological polar surface area (TPSA) is 40.5 Å². The lowest BCUT2D eigenvalue weighted by Gasteiger charge is -2.61. The standard InChI is InChI=1S/C30H54O2.CH4/c1-5-7-9-21(6-2)28(32)11-8-10-22-13-15-26-25-14-12-23-20-24(31)16-18-30(23,4)27(25)17-19-29(22,26)3;/h21-28,31-32H,5-20H2,1-4H3;1H4. The average Bonchev–Trinajstić information content (AvgIpc) is 3.11. The first kappa shape index (κ1) is 27.5. The Labute approximate surface area is 206 Å². The minimum absolute atomic E-state index is 0. The second kappa shape index (κ2) is 11.3. The molecule has 0 aromatic heterocycles. The van der Waals surface area contributed by atoms with Crippen LogP contribution in [0.5, 0.6) is 0 Å². The van der Waals surface area contributed by atoms with Gasteiger partial charge in [0.1, 0.15) is 0 Å². The molecule has 0 amide bonds. The van der Waals surface area contributed by atoms with Crippen molar-refractivity contribution in [1.82, 2.24) is 0 Å². The summed E-state index contributed by atoms with van der Waals surface area (Å²) in [6.07, 6.45) is 20.3. The molecule has 0 aromatic carbocycles. The number of unbranched alkanes of at least 4 members (excludes halogenated alkanes) is 1. The molecule has 10 atom stereocenters. The quantitative estimate of drug-likeness (QED) is 0.361. The summed E-state index contributed by atoms with van der Waals surface area (Å²) in [6, 6.07) is 0. The van der Waals surface area contributed by atoms with Crippen LogP contribution in [0.15, 0.2) is 0 Å². The van der Waals surface area contributed by atoms with Crippen molar-refractivity contribution in [2.75, 3.05) is 0 Å². The van der Waals surface area contributed by atoms with Gasteiger partial charge in [-0.25, -0.2) is 0 Å². The molecule has 4 saturated carbocycles. The lowest BCUT2D eigenvalue weighted by atomic mass is 9.44. The predicted molar refractivity (Wildman–Crippen MR) is 141 cm³/mol. The molecule has 0 radical (unpaired) electrons. The Balaban J connectivity index is 0.00000306. The highest BCUT2D eigenvalue weighted by atomic mass is 16.3. The van der Waals surface area contributed by atoms with Crippen LogP contribution in [0, 0.1) is 46.3 Å². The van der Waals surface area contributed by atoms with Crippen molar-refractivity contribution >= 4 is 0 Å². The van der Waals surface area contributed by atoms with Crippen LogP contribution >= 0.6 is 0 Å². The Morgan fingerprint density at radius 1 is 0.848 bits per heavy atom. The molecule has 33 heavy (non-hydrogen) atoms. The van der Waals surface area contributed by atoms with Crippen molar-refractivity contribution in [3.63, 3.8) is 0 Å². The highest BCUT2D eigenvalue weighted by Crippen LogP contribution is 2.67. The van der Waals surface area contributed by atoms with Gasteiger partial charge in [-0.05, 0) is 123 Å². The van der Waals surface area contributed by atoms with E-state index in [1.54, 1.807) is 0 Å². The molecular formula is C31H58O2. The van der Waals surface area contributed by atoms with Gasteiger partial charge in [-0.3, -0.25) is 0 Å². The Hall–Kier alpha value is -0.0800. The Morgan fingerprint density at radius 3 is 2.30 bits per heavy atom. The van der Waals surface area contributed by atoms with Crippen LogP contribution in [0.1, 0.15) is 138 Å². The van der Waals surface area contributed by atoms with Crippen molar-refractivity contribution in [1.29, 1.82) is 0 Å². The third-order valence-electron chi connectivity index (χ3n) is 11.9. The first-order valence-electron chi connectivity index (χ1n) is 14.7. The van der Waals surface area contributed by atoms with Crippen LogP contribution in [0.2, 0.25) is 0 Å². The molecule has 2 nitrogen and oxygen atoms in total. The van der Waals surface area contributed by atoms with Crippen LogP contribution in [-0.2, 0) is 0 Å². The van der Waals surface area contributed by atoms with Crippen LogP contribution in [-0.4, -0.2) is 22.4 Å². The fourth-order valence-electron chi connectivity index (χ4n) is 9.76. The molecule has 0 aromatic rings. The SMILES string of the molecule is C.CCCCC(CC)C(O)CCCC1CCC2C3CCC4CC(O)CCC4(C)C3CCC12C. The molecule has 10 unspecified atom stereocenters. The molecule has 0 bridgehead atoms. The van der Waals surface area contributed by atoms with E-state index in [-0.39, 0.29) is 19.6 Å². The second-order valence-corrected chi connectivity index (χ2v) is 13.2. The van der Waals surface area contributed by atoms with E-state index in [2.05, 4.69) is 27.7 Å². The smallest absolute Gasteiger partial charge is 0.0568 e. The summed E-state index contributed by atoms with van der Waals surface area (Å²) >= 11 is 0. The molecule has 4 rings (SSSR count). The number of aliphatic hydroxyl groups is 2. The van der Waals surface area contributed by atoms with E-state index in [4.69, 9.17) is 0 Å². The molecule has 4 aliphatic rings. The van der Waals surface area contributed by atoms with Gasteiger partial charge in [0.15, 0.2) is 0 Å². The zero-order chi connectivity index (χ0) is 22.9. The molecular weight excluding hydrogens is 404 g/mol. The summed E-state index contributed by atoms with van der Waals surface area (Å²) in [7, 11) is 0. The molecule has 2 N–H and O–H groups in total. The van der Waals surface area contributed by atoms with Crippen molar-refractivity contribution in [3.05, 3.63) is 0 Å². The fraction of sp³-hybridized carbons (Fsp3) is 1.00. The number of rotatable bonds is 9. The fourth-order valence-corrected chi connectivity index (χ4v) is 9.76. The molecule has 0 saturated heterocycles. The van der Waals surface area contributed by atoms with E-state index in [1.165, 1.54) is 77.0 Å². The first-order valence-corrected chi connectivity index (χ1v) is 14.7. The monoisotopic (exact) mass is 462 g/mol. The number of hydrogen-bond donors (Lipinski definition) is 2. The number of aliphatic hydroxyl groups excluding tert-OH is 2. The summed E-state index contributed by atoms with van der Waals surface area (Å²) in [5.74, 6) is 4.97. The lowest BCUT2D eigenvalue weighted by Crippen LogP contribution is -2.53. The number of fused-ring (bicyclic) bond motifs is 5. The molecule has 4 aliphatic carbocycles. The summed E-state index contributed by atoms with van der Waals surface area (Å²) in [6.45, 7) is 9.79. The zero-order valence-corrected chi connectivity index (χ0v) is 21.8. The molecule has 194 valence electrons. The first-order chi connectivity index (χ1) is 15.3. The number of hydrogen-bond acceptors (Lipinski definition) is 2. The van der Waals surface area contributed by atoms with Crippen molar-refractivity contribution < 1.29 is 10.2 Å². The minimum Gasteiger partial charge on any atom is -0.393 e. The van der Waals surface area contributed by atoms with Gasteiger partial charge < -0.3 is 10.2 Å².